The third kappa shape index (κ3) is 1.90. The fraction of sp³-hybridized carbons (Fsp3) is 0.720. The number of aromatic amines is 1. The quantitative estimate of drug-likeness (QED) is 0.148. The minimum atomic E-state index is -2.90. The fourth-order valence-corrected chi connectivity index (χ4v) is 9.31. The Morgan fingerprint density at radius 2 is 1.89 bits per heavy atom. The van der Waals surface area contributed by atoms with Crippen molar-refractivity contribution in [2.45, 2.75) is 79.6 Å². The summed E-state index contributed by atoms with van der Waals surface area (Å²) in [6, 6.07) is 2.93. The van der Waals surface area contributed by atoms with Crippen molar-refractivity contribution in [2.24, 2.45) is 16.7 Å². The van der Waals surface area contributed by atoms with Gasteiger partial charge in [0.15, 0.2) is 17.5 Å². The van der Waals surface area contributed by atoms with Crippen LogP contribution >= 0.6 is 0 Å². The van der Waals surface area contributed by atoms with Crippen molar-refractivity contribution >= 4 is 5.97 Å². The summed E-state index contributed by atoms with van der Waals surface area (Å²) in [6.45, 7) is 2.60. The van der Waals surface area contributed by atoms with Gasteiger partial charge in [0, 0.05) is 12.6 Å². The number of carbonyl (C=O) groups excluding carboxylic acids is 1. The summed E-state index contributed by atoms with van der Waals surface area (Å²) >= 11 is 0. The first kappa shape index (κ1) is 25.4. The van der Waals surface area contributed by atoms with E-state index in [0.717, 1.165) is 0 Å². The van der Waals surface area contributed by atoms with Crippen LogP contribution in [0.4, 0.5) is 0 Å². The van der Waals surface area contributed by atoms with Crippen LogP contribution < -0.4 is 0 Å². The van der Waals surface area contributed by atoms with E-state index in [-0.39, 0.29) is 11.3 Å². The van der Waals surface area contributed by atoms with Crippen LogP contribution in [-0.2, 0) is 9.47 Å². The van der Waals surface area contributed by atoms with Crippen LogP contribution in [-0.4, -0.2) is 111 Å². The SMILES string of the molecule is CC(C)[C@@]1(O)[C@@H](OC(=O)c2ccc[nH]2)[C@@]2(O)[C@@]3(CO)C[C@@]4(O)O[C@@]5([C@@H](O)C(CO)=CC[C@]35O)[C@@]2(O)[C@@]41C. The molecule has 6 bridgehead atoms. The standard InChI is InChI=1S/C25H33NO11/c1-12(2)22(33)17(36-16(30)14-5-4-8-26-14)23(34)19(11-28)10-21(32)18(22,3)25(23,35)24(37-21)15(29)13(9-27)6-7-20(19,24)31/h4-6,8,12,15,17,26-29,31-35H,7,9-11H2,1-3H3/t15-,17+,18-,19+,20-,21+,22+,23+,24+,25+/m0/s1. The first-order valence-electron chi connectivity index (χ1n) is 12.4. The Labute approximate surface area is 211 Å². The Hall–Kier alpha value is -1.87. The molecule has 5 fully saturated rings. The zero-order chi connectivity index (χ0) is 27.2. The third-order valence-corrected chi connectivity index (χ3v) is 11.0. The Kier molecular flexibility index (Phi) is 4.56. The van der Waals surface area contributed by atoms with Crippen molar-refractivity contribution in [2.75, 3.05) is 13.2 Å². The van der Waals surface area contributed by atoms with E-state index in [1.54, 1.807) is 0 Å². The van der Waals surface area contributed by atoms with Crippen LogP contribution in [0, 0.1) is 16.7 Å². The lowest BCUT2D eigenvalue weighted by atomic mass is 9.52. The molecule has 2 saturated heterocycles. The molecule has 6 aliphatic rings. The second-order valence-electron chi connectivity index (χ2n) is 11.9. The van der Waals surface area contributed by atoms with Gasteiger partial charge in [-0.25, -0.2) is 4.79 Å². The summed E-state index contributed by atoms with van der Waals surface area (Å²) in [5.41, 5.74) is -17.8. The molecular weight excluding hydrogens is 490 g/mol. The zero-order valence-corrected chi connectivity index (χ0v) is 20.7. The minimum Gasteiger partial charge on any atom is -0.451 e. The second kappa shape index (κ2) is 6.64. The van der Waals surface area contributed by atoms with Gasteiger partial charge in [0.25, 0.3) is 0 Å². The van der Waals surface area contributed by atoms with Gasteiger partial charge in [0.2, 0.25) is 0 Å². The van der Waals surface area contributed by atoms with Gasteiger partial charge in [-0.15, -0.1) is 0 Å². The number of hydrogen-bond donors (Lipinski definition) is 9. The highest BCUT2D eigenvalue weighted by molar-refractivity contribution is 5.87. The number of aliphatic hydroxyl groups is 8. The molecule has 3 heterocycles. The summed E-state index contributed by atoms with van der Waals surface area (Å²) in [5.74, 6) is -4.42. The van der Waals surface area contributed by atoms with Gasteiger partial charge < -0.3 is 55.3 Å². The Balaban J connectivity index is 1.71. The summed E-state index contributed by atoms with van der Waals surface area (Å²) in [7, 11) is 0. The largest absolute Gasteiger partial charge is 0.451 e. The van der Waals surface area contributed by atoms with Crippen LogP contribution in [0.2, 0.25) is 0 Å². The topological polar surface area (TPSA) is 213 Å². The number of esters is 1. The van der Waals surface area contributed by atoms with Gasteiger partial charge in [-0.3, -0.25) is 0 Å². The molecule has 0 aromatic carbocycles. The van der Waals surface area contributed by atoms with E-state index in [0.29, 0.717) is 0 Å². The highest BCUT2D eigenvalue weighted by Gasteiger charge is 3.10. The first-order valence-corrected chi connectivity index (χ1v) is 12.4. The average molecular weight is 524 g/mol. The molecule has 0 radical (unpaired) electrons. The molecule has 204 valence electrons. The summed E-state index contributed by atoms with van der Waals surface area (Å²) in [4.78, 5) is 15.9. The summed E-state index contributed by atoms with van der Waals surface area (Å²) < 4.78 is 11.8. The van der Waals surface area contributed by atoms with Gasteiger partial charge in [0.05, 0.1) is 24.0 Å². The molecular formula is C25H33NO11. The molecule has 1 aromatic rings. The van der Waals surface area contributed by atoms with Gasteiger partial charge in [-0.05, 0) is 37.0 Å². The molecule has 3 saturated carbocycles. The van der Waals surface area contributed by atoms with Crippen molar-refractivity contribution in [1.82, 2.24) is 4.98 Å². The molecule has 37 heavy (non-hydrogen) atoms. The monoisotopic (exact) mass is 523 g/mol. The van der Waals surface area contributed by atoms with Crippen LogP contribution in [0.25, 0.3) is 0 Å². The lowest BCUT2D eigenvalue weighted by Crippen LogP contribution is -2.74. The van der Waals surface area contributed by atoms with E-state index in [1.807, 2.05) is 0 Å². The molecule has 9 N–H and O–H groups in total. The minimum absolute atomic E-state index is 0.0302. The first-order chi connectivity index (χ1) is 17.1. The second-order valence-corrected chi connectivity index (χ2v) is 11.9. The number of aromatic nitrogens is 1. The van der Waals surface area contributed by atoms with Crippen LogP contribution in [0.15, 0.2) is 30.0 Å². The van der Waals surface area contributed by atoms with Crippen LogP contribution in [0.3, 0.4) is 0 Å². The van der Waals surface area contributed by atoms with Crippen molar-refractivity contribution in [3.05, 3.63) is 35.7 Å². The van der Waals surface area contributed by atoms with Crippen molar-refractivity contribution in [1.29, 1.82) is 0 Å². The fourth-order valence-electron chi connectivity index (χ4n) is 9.31. The zero-order valence-electron chi connectivity index (χ0n) is 20.7. The maximum absolute atomic E-state index is 13.2. The number of H-pyrrole nitrogens is 1. The van der Waals surface area contributed by atoms with E-state index in [4.69, 9.17) is 9.47 Å². The Morgan fingerprint density at radius 3 is 2.43 bits per heavy atom. The molecule has 12 heteroatoms. The Morgan fingerprint density at radius 1 is 1.22 bits per heavy atom. The van der Waals surface area contributed by atoms with E-state index in [2.05, 4.69) is 4.98 Å². The molecule has 0 unspecified atom stereocenters. The number of ether oxygens (including phenoxy) is 2. The number of carbonyl (C=O) groups is 1. The van der Waals surface area contributed by atoms with E-state index < -0.39 is 94.8 Å². The normalized spacial score (nSPS) is 55.1. The molecule has 1 spiro atoms. The Bertz CT molecular complexity index is 1220. The molecule has 12 nitrogen and oxygen atoms in total. The highest BCUT2D eigenvalue weighted by atomic mass is 16.7. The van der Waals surface area contributed by atoms with Crippen LogP contribution in [0.1, 0.15) is 44.1 Å². The smallest absolute Gasteiger partial charge is 0.355 e. The third-order valence-electron chi connectivity index (χ3n) is 11.0. The number of hydrogen-bond acceptors (Lipinski definition) is 11. The van der Waals surface area contributed by atoms with Crippen molar-refractivity contribution < 1.29 is 55.1 Å². The van der Waals surface area contributed by atoms with E-state index in [1.165, 1.54) is 45.2 Å². The van der Waals surface area contributed by atoms with Gasteiger partial charge in [0.1, 0.15) is 34.2 Å². The molecule has 1 aromatic heterocycles. The highest BCUT2D eigenvalue weighted by Crippen LogP contribution is 2.90. The number of rotatable bonds is 5. The lowest BCUT2D eigenvalue weighted by molar-refractivity contribution is -0.386. The lowest BCUT2D eigenvalue weighted by Gasteiger charge is -2.60. The predicted molar refractivity (Wildman–Crippen MR) is 121 cm³/mol. The summed E-state index contributed by atoms with van der Waals surface area (Å²) in [5, 5.41) is 94.8. The van der Waals surface area contributed by atoms with Crippen molar-refractivity contribution in [3.8, 4) is 0 Å². The van der Waals surface area contributed by atoms with Crippen molar-refractivity contribution in [3.63, 3.8) is 0 Å². The van der Waals surface area contributed by atoms with Gasteiger partial charge >= 0.3 is 5.97 Å². The predicted octanol–water partition coefficient (Wildman–Crippen LogP) is -2.32. The molecule has 2 aliphatic heterocycles. The maximum Gasteiger partial charge on any atom is 0.355 e. The van der Waals surface area contributed by atoms with Gasteiger partial charge in [-0.2, -0.15) is 0 Å². The van der Waals surface area contributed by atoms with Gasteiger partial charge in [-0.1, -0.05) is 19.9 Å². The molecule has 4 aliphatic carbocycles. The number of nitrogens with one attached hydrogen (secondary N) is 1. The van der Waals surface area contributed by atoms with E-state index >= 15 is 0 Å². The van der Waals surface area contributed by atoms with Crippen LogP contribution in [0.5, 0.6) is 0 Å². The number of aliphatic hydroxyl groups excluding tert-OH is 3. The average Bonchev–Trinajstić information content (AvgIpc) is 3.47. The molecule has 10 atom stereocenters. The molecule has 0 amide bonds. The molecule has 7 rings (SSSR count). The maximum atomic E-state index is 13.2. The van der Waals surface area contributed by atoms with E-state index in [9.17, 15) is 45.6 Å². The summed E-state index contributed by atoms with van der Waals surface area (Å²) in [6.07, 6.45) is -2.25.